The fourth-order valence-corrected chi connectivity index (χ4v) is 5.43. The van der Waals surface area contributed by atoms with E-state index in [1.807, 2.05) is 23.6 Å². The minimum atomic E-state index is -0.418. The van der Waals surface area contributed by atoms with E-state index in [1.54, 1.807) is 22.7 Å². The summed E-state index contributed by atoms with van der Waals surface area (Å²) in [5.74, 6) is -0.313. The molecule has 0 saturated carbocycles. The lowest BCUT2D eigenvalue weighted by atomic mass is 10.0. The number of nitriles is 1. The van der Waals surface area contributed by atoms with Gasteiger partial charge in [0.15, 0.2) is 0 Å². The quantitative estimate of drug-likeness (QED) is 0.614. The third-order valence-electron chi connectivity index (χ3n) is 4.30. The number of rotatable bonds is 5. The minimum absolute atomic E-state index is 0.105. The Hall–Kier alpha value is -2.40. The smallest absolute Gasteiger partial charge is 0.227 e. The Morgan fingerprint density at radius 2 is 2.11 bits per heavy atom. The van der Waals surface area contributed by atoms with Crippen molar-refractivity contribution in [3.63, 3.8) is 0 Å². The van der Waals surface area contributed by atoms with Gasteiger partial charge in [-0.3, -0.25) is 4.79 Å². The number of allylic oxidation sites excluding steroid dienone is 1. The summed E-state index contributed by atoms with van der Waals surface area (Å²) in [6.45, 7) is 0. The third-order valence-corrected chi connectivity index (χ3v) is 7.01. The molecule has 0 spiro atoms. The van der Waals surface area contributed by atoms with Gasteiger partial charge in [-0.1, -0.05) is 23.9 Å². The van der Waals surface area contributed by atoms with Crippen LogP contribution in [0, 0.1) is 11.3 Å². The molecule has 0 bridgehead atoms. The van der Waals surface area contributed by atoms with Crippen LogP contribution in [0.1, 0.15) is 28.1 Å². The van der Waals surface area contributed by atoms with Crippen LogP contribution in [0.4, 0.5) is 0 Å². The first-order valence-electron chi connectivity index (χ1n) is 8.33. The summed E-state index contributed by atoms with van der Waals surface area (Å²) in [4.78, 5) is 18.3. The second kappa shape index (κ2) is 7.69. The molecule has 2 N–H and O–H groups in total. The van der Waals surface area contributed by atoms with Gasteiger partial charge in [-0.25, -0.2) is 4.98 Å². The molecule has 3 aromatic rings. The highest BCUT2D eigenvalue weighted by Crippen LogP contribution is 2.44. The number of thioether (sulfide) groups is 1. The molecule has 3 aromatic heterocycles. The molecular formula is C20H15N3OS3. The number of hydrogen-bond donors (Lipinski definition) is 1. The molecule has 3 heterocycles. The van der Waals surface area contributed by atoms with E-state index in [9.17, 15) is 10.1 Å². The van der Waals surface area contributed by atoms with Crippen molar-refractivity contribution in [3.8, 4) is 16.5 Å². The monoisotopic (exact) mass is 409 g/mol. The molecule has 1 aliphatic rings. The predicted molar refractivity (Wildman–Crippen MR) is 113 cm³/mol. The highest BCUT2D eigenvalue weighted by Gasteiger charge is 2.27. The van der Waals surface area contributed by atoms with E-state index in [0.29, 0.717) is 10.6 Å². The molecule has 27 heavy (non-hydrogen) atoms. The van der Waals surface area contributed by atoms with Crippen molar-refractivity contribution >= 4 is 52.0 Å². The molecule has 134 valence electrons. The second-order valence-electron chi connectivity index (χ2n) is 6.02. The van der Waals surface area contributed by atoms with Crippen molar-refractivity contribution in [2.75, 3.05) is 5.75 Å². The molecule has 0 fully saturated rings. The number of hydrogen-bond acceptors (Lipinski definition) is 6. The van der Waals surface area contributed by atoms with Gasteiger partial charge in [0.2, 0.25) is 5.91 Å². The van der Waals surface area contributed by atoms with Crippen LogP contribution in [-0.4, -0.2) is 16.6 Å². The number of carbonyl (C=O) groups is 1. The zero-order chi connectivity index (χ0) is 18.8. The fraction of sp³-hybridized carbons (Fsp3) is 0.150. The molecule has 0 saturated heterocycles. The van der Waals surface area contributed by atoms with E-state index >= 15 is 0 Å². The lowest BCUT2D eigenvalue weighted by molar-refractivity contribution is -0.115. The highest BCUT2D eigenvalue weighted by molar-refractivity contribution is 8.00. The molecule has 0 atom stereocenters. The van der Waals surface area contributed by atoms with E-state index in [0.717, 1.165) is 34.5 Å². The van der Waals surface area contributed by atoms with Gasteiger partial charge in [0.25, 0.3) is 0 Å². The van der Waals surface area contributed by atoms with Crippen LogP contribution >= 0.6 is 34.4 Å². The molecule has 1 amide bonds. The number of pyridine rings is 1. The van der Waals surface area contributed by atoms with Crippen LogP contribution < -0.4 is 5.73 Å². The number of carbonyl (C=O) groups excluding carboxylic acids is 1. The first kappa shape index (κ1) is 18.0. The maximum atomic E-state index is 11.3. The summed E-state index contributed by atoms with van der Waals surface area (Å²) in [7, 11) is 0. The second-order valence-corrected chi connectivity index (χ2v) is 8.91. The Kier molecular flexibility index (Phi) is 5.12. The maximum Gasteiger partial charge on any atom is 0.227 e. The average molecular weight is 410 g/mol. The number of amides is 1. The van der Waals surface area contributed by atoms with E-state index < -0.39 is 5.91 Å². The number of aromatic nitrogens is 1. The van der Waals surface area contributed by atoms with Crippen LogP contribution in [0.15, 0.2) is 40.1 Å². The predicted octanol–water partition coefficient (Wildman–Crippen LogP) is 4.81. The van der Waals surface area contributed by atoms with Gasteiger partial charge in [-0.05, 0) is 52.9 Å². The summed E-state index contributed by atoms with van der Waals surface area (Å²) in [6, 6.07) is 10.5. The topological polar surface area (TPSA) is 79.8 Å². The summed E-state index contributed by atoms with van der Waals surface area (Å²) >= 11 is 4.54. The number of primary amides is 1. The summed E-state index contributed by atoms with van der Waals surface area (Å²) in [5.41, 5.74) is 10.1. The van der Waals surface area contributed by atoms with E-state index in [-0.39, 0.29) is 5.75 Å². The Labute approximate surface area is 169 Å². The van der Waals surface area contributed by atoms with Gasteiger partial charge in [-0.2, -0.15) is 5.26 Å². The Bertz CT molecular complexity index is 1060. The average Bonchev–Trinajstić information content (AvgIpc) is 3.41. The number of nitrogens with two attached hydrogens (primary N) is 1. The fourth-order valence-electron chi connectivity index (χ4n) is 3.21. The van der Waals surface area contributed by atoms with Gasteiger partial charge in [-0.15, -0.1) is 22.7 Å². The summed E-state index contributed by atoms with van der Waals surface area (Å²) in [6.07, 6.45) is 3.94. The third kappa shape index (κ3) is 3.56. The first-order valence-corrected chi connectivity index (χ1v) is 11.1. The Morgan fingerprint density at radius 1 is 1.30 bits per heavy atom. The number of thiophene rings is 2. The summed E-state index contributed by atoms with van der Waals surface area (Å²) < 4.78 is 0. The zero-order valence-electron chi connectivity index (χ0n) is 14.3. The van der Waals surface area contributed by atoms with Gasteiger partial charge in [0.05, 0.1) is 17.0 Å². The largest absolute Gasteiger partial charge is 0.369 e. The molecular weight excluding hydrogens is 394 g/mol. The zero-order valence-corrected chi connectivity index (χ0v) is 16.7. The summed E-state index contributed by atoms with van der Waals surface area (Å²) in [5, 5.41) is 14.5. The minimum Gasteiger partial charge on any atom is -0.369 e. The highest BCUT2D eigenvalue weighted by atomic mass is 32.2. The Morgan fingerprint density at radius 3 is 2.78 bits per heavy atom. The van der Waals surface area contributed by atoms with Gasteiger partial charge in [0, 0.05) is 15.3 Å². The SMILES string of the molecule is N#Cc1c(SCC(N)=O)nc2c(c1-c1cccs1)CCC2=Cc1cccs1. The van der Waals surface area contributed by atoms with Crippen molar-refractivity contribution in [2.24, 2.45) is 5.73 Å². The number of nitrogens with zero attached hydrogens (tertiary/aromatic N) is 2. The molecule has 1 aliphatic carbocycles. The normalized spacial score (nSPS) is 14.3. The van der Waals surface area contributed by atoms with Gasteiger partial charge < -0.3 is 5.73 Å². The lowest BCUT2D eigenvalue weighted by Crippen LogP contribution is -2.13. The van der Waals surface area contributed by atoms with Crippen molar-refractivity contribution in [1.82, 2.24) is 4.98 Å². The van der Waals surface area contributed by atoms with Crippen molar-refractivity contribution in [3.05, 3.63) is 56.7 Å². The Balaban J connectivity index is 1.91. The van der Waals surface area contributed by atoms with Crippen molar-refractivity contribution in [2.45, 2.75) is 17.9 Å². The maximum absolute atomic E-state index is 11.3. The van der Waals surface area contributed by atoms with Crippen LogP contribution in [-0.2, 0) is 11.2 Å². The molecule has 0 aromatic carbocycles. The first-order chi connectivity index (χ1) is 13.2. The van der Waals surface area contributed by atoms with Crippen LogP contribution in [0.2, 0.25) is 0 Å². The molecule has 4 rings (SSSR count). The molecule has 7 heteroatoms. The van der Waals surface area contributed by atoms with E-state index in [1.165, 1.54) is 22.2 Å². The molecule has 0 radical (unpaired) electrons. The van der Waals surface area contributed by atoms with E-state index in [4.69, 9.17) is 10.7 Å². The standard InChI is InChI=1S/C20H15N3OS3/c21-10-15-18(16-4-2-8-26-16)14-6-5-12(9-13-3-1-7-25-13)19(14)23-20(15)27-11-17(22)24/h1-4,7-9H,5-6,11H2,(H2,22,24). The lowest BCUT2D eigenvalue weighted by Gasteiger charge is -2.13. The van der Waals surface area contributed by atoms with Crippen LogP contribution in [0.3, 0.4) is 0 Å². The van der Waals surface area contributed by atoms with Gasteiger partial charge in [0.1, 0.15) is 11.1 Å². The van der Waals surface area contributed by atoms with Gasteiger partial charge >= 0.3 is 0 Å². The molecule has 4 nitrogen and oxygen atoms in total. The molecule has 0 unspecified atom stereocenters. The van der Waals surface area contributed by atoms with Crippen LogP contribution in [0.5, 0.6) is 0 Å². The van der Waals surface area contributed by atoms with E-state index in [2.05, 4.69) is 23.6 Å². The number of fused-ring (bicyclic) bond motifs is 1. The van der Waals surface area contributed by atoms with Crippen molar-refractivity contribution in [1.29, 1.82) is 5.26 Å². The van der Waals surface area contributed by atoms with Crippen molar-refractivity contribution < 1.29 is 4.79 Å². The molecule has 0 aliphatic heterocycles. The van der Waals surface area contributed by atoms with Crippen LogP contribution in [0.25, 0.3) is 22.1 Å².